The lowest BCUT2D eigenvalue weighted by molar-refractivity contribution is 0.181. The molecule has 0 rings (SSSR count). The number of hydrogen-bond donors (Lipinski definition) is 1. The van der Waals surface area contributed by atoms with E-state index in [1.807, 2.05) is 21.9 Å². The molecule has 0 fully saturated rings. The Hall–Kier alpha value is -0.140. The molecule has 0 aromatic rings. The summed E-state index contributed by atoms with van der Waals surface area (Å²) in [5.74, 6) is 3.40. The van der Waals surface area contributed by atoms with Gasteiger partial charge in [-0.15, -0.1) is 0 Å². The molecule has 9 heavy (non-hydrogen) atoms. The van der Waals surface area contributed by atoms with Gasteiger partial charge in [0.2, 0.25) is 0 Å². The monoisotopic (exact) mass is 198 g/mol. The third-order valence-corrected chi connectivity index (χ3v) is 0.621. The Bertz CT molecular complexity index is 139. The van der Waals surface area contributed by atoms with E-state index >= 15 is 0 Å². The summed E-state index contributed by atoms with van der Waals surface area (Å²) in [5, 5.41) is 8.39. The minimum absolute atomic E-state index is 1.01. The van der Waals surface area contributed by atoms with Gasteiger partial charge >= 0.3 is 4.83 Å². The Labute approximate surface area is 60.2 Å². The maximum atomic E-state index is 11.7. The van der Waals surface area contributed by atoms with Crippen molar-refractivity contribution in [3.05, 3.63) is 0 Å². The summed E-state index contributed by atoms with van der Waals surface area (Å²) in [5.41, 5.74) is 0. The highest BCUT2D eigenvalue weighted by atomic mass is 79.9. The molecule has 0 bridgehead atoms. The molecule has 0 radical (unpaired) electrons. The zero-order chi connectivity index (χ0) is 7.49. The molecule has 0 spiro atoms. The number of rotatable bonds is 0. The largest absolute Gasteiger partial charge is 0.381 e. The van der Waals surface area contributed by atoms with Crippen LogP contribution in [0.1, 0.15) is 6.92 Å². The number of aliphatic hydroxyl groups excluding tert-OH is 1. The second-order valence-electron chi connectivity index (χ2n) is 1.44. The summed E-state index contributed by atoms with van der Waals surface area (Å²) in [6, 6.07) is 0. The van der Waals surface area contributed by atoms with Gasteiger partial charge in [0.05, 0.1) is 0 Å². The molecule has 0 aliphatic rings. The summed E-state index contributed by atoms with van der Waals surface area (Å²) in [6.07, 6.45) is -1.01. The lowest BCUT2D eigenvalue weighted by Gasteiger charge is -1.95. The summed E-state index contributed by atoms with van der Waals surface area (Å²) < 4.78 is 23.4. The fourth-order valence-corrected chi connectivity index (χ4v) is 0.301. The number of hydrogen-bond acceptors (Lipinski definition) is 1. The first kappa shape index (κ1) is 8.86. The van der Waals surface area contributed by atoms with E-state index in [0.29, 0.717) is 0 Å². The van der Waals surface area contributed by atoms with Crippen LogP contribution < -0.4 is 0 Å². The molecule has 0 aromatic heterocycles. The van der Waals surface area contributed by atoms with Gasteiger partial charge < -0.3 is 5.11 Å². The number of alkyl halides is 3. The molecule has 0 saturated heterocycles. The van der Waals surface area contributed by atoms with E-state index in [0.717, 1.165) is 0 Å². The van der Waals surface area contributed by atoms with E-state index in [1.54, 1.807) is 0 Å². The van der Waals surface area contributed by atoms with Crippen LogP contribution in [0.3, 0.4) is 0 Å². The van der Waals surface area contributed by atoms with Crippen molar-refractivity contribution in [3.8, 4) is 11.8 Å². The molecule has 0 aliphatic carbocycles. The van der Waals surface area contributed by atoms with Crippen LogP contribution in [-0.2, 0) is 0 Å². The summed E-state index contributed by atoms with van der Waals surface area (Å²) in [4.78, 5) is -3.18. The van der Waals surface area contributed by atoms with Crippen LogP contribution in [0.15, 0.2) is 0 Å². The molecule has 0 aliphatic heterocycles. The maximum Gasteiger partial charge on any atom is 0.363 e. The normalized spacial score (nSPS) is 13.9. The molecule has 0 unspecified atom stereocenters. The van der Waals surface area contributed by atoms with Crippen LogP contribution in [-0.4, -0.2) is 16.0 Å². The van der Waals surface area contributed by atoms with Crippen LogP contribution >= 0.6 is 15.9 Å². The fourth-order valence-electron chi connectivity index (χ4n) is 0.186. The molecule has 0 aromatic carbocycles. The zero-order valence-electron chi connectivity index (χ0n) is 4.66. The molecule has 1 nitrogen and oxygen atoms in total. The van der Waals surface area contributed by atoms with E-state index in [2.05, 4.69) is 0 Å². The highest BCUT2D eigenvalue weighted by molar-refractivity contribution is 9.10. The van der Waals surface area contributed by atoms with Crippen LogP contribution in [0.2, 0.25) is 0 Å². The van der Waals surface area contributed by atoms with Crippen molar-refractivity contribution in [3.63, 3.8) is 0 Å². The van der Waals surface area contributed by atoms with Gasteiger partial charge in [-0.25, -0.2) is 0 Å². The Morgan fingerprint density at radius 3 is 2.22 bits per heavy atom. The van der Waals surface area contributed by atoms with E-state index in [-0.39, 0.29) is 0 Å². The van der Waals surface area contributed by atoms with Gasteiger partial charge in [0.1, 0.15) is 6.10 Å². The first-order chi connectivity index (χ1) is 3.92. The predicted molar refractivity (Wildman–Crippen MR) is 33.3 cm³/mol. The minimum atomic E-state index is -3.18. The van der Waals surface area contributed by atoms with Crippen LogP contribution in [0.5, 0.6) is 0 Å². The molecule has 0 amide bonds. The first-order valence-electron chi connectivity index (χ1n) is 2.19. The SMILES string of the molecule is C[C@H](O)C#CC(F)(F)Br. The van der Waals surface area contributed by atoms with Crippen LogP contribution in [0.4, 0.5) is 8.78 Å². The molecule has 0 heterocycles. The second kappa shape index (κ2) is 3.14. The zero-order valence-corrected chi connectivity index (χ0v) is 6.24. The van der Waals surface area contributed by atoms with Crippen molar-refractivity contribution in [2.45, 2.75) is 17.9 Å². The second-order valence-corrected chi connectivity index (χ2v) is 2.44. The van der Waals surface area contributed by atoms with Crippen molar-refractivity contribution in [1.29, 1.82) is 0 Å². The molecule has 4 heteroatoms. The van der Waals surface area contributed by atoms with Crippen molar-refractivity contribution in [2.24, 2.45) is 0 Å². The van der Waals surface area contributed by atoms with Crippen molar-refractivity contribution >= 4 is 15.9 Å². The standard InChI is InChI=1S/C5H5BrF2O/c1-4(9)2-3-5(6,7)8/h4,9H,1H3/t4-/m0/s1. The molecule has 1 N–H and O–H groups in total. The number of halogens is 3. The Balaban J connectivity index is 3.88. The first-order valence-corrected chi connectivity index (χ1v) is 2.98. The van der Waals surface area contributed by atoms with Crippen molar-refractivity contribution < 1.29 is 13.9 Å². The van der Waals surface area contributed by atoms with Gasteiger partial charge in [-0.2, -0.15) is 8.78 Å². The fraction of sp³-hybridized carbons (Fsp3) is 0.600. The third kappa shape index (κ3) is 7.86. The molecule has 1 atom stereocenters. The highest BCUT2D eigenvalue weighted by Gasteiger charge is 2.18. The highest BCUT2D eigenvalue weighted by Crippen LogP contribution is 2.19. The minimum Gasteiger partial charge on any atom is -0.381 e. The van der Waals surface area contributed by atoms with E-state index < -0.39 is 10.9 Å². The Morgan fingerprint density at radius 1 is 1.67 bits per heavy atom. The molecule has 52 valence electrons. The summed E-state index contributed by atoms with van der Waals surface area (Å²) in [7, 11) is 0. The molecular weight excluding hydrogens is 194 g/mol. The Kier molecular flexibility index (Phi) is 3.09. The summed E-state index contributed by atoms with van der Waals surface area (Å²) in [6.45, 7) is 1.31. The number of aliphatic hydroxyl groups is 1. The van der Waals surface area contributed by atoms with E-state index in [4.69, 9.17) is 5.11 Å². The quantitative estimate of drug-likeness (QED) is 0.461. The lowest BCUT2D eigenvalue weighted by atomic mass is 10.4. The topological polar surface area (TPSA) is 20.2 Å². The van der Waals surface area contributed by atoms with Crippen LogP contribution in [0, 0.1) is 11.8 Å². The molecule has 0 saturated carbocycles. The smallest absolute Gasteiger partial charge is 0.363 e. The van der Waals surface area contributed by atoms with Gasteiger partial charge in [-0.3, -0.25) is 0 Å². The van der Waals surface area contributed by atoms with Gasteiger partial charge in [-0.1, -0.05) is 5.92 Å². The molecular formula is C5H5BrF2O. The Morgan fingerprint density at radius 2 is 2.11 bits per heavy atom. The van der Waals surface area contributed by atoms with Gasteiger partial charge in [0.25, 0.3) is 0 Å². The van der Waals surface area contributed by atoms with Gasteiger partial charge in [-0.05, 0) is 12.8 Å². The van der Waals surface area contributed by atoms with E-state index in [9.17, 15) is 8.78 Å². The van der Waals surface area contributed by atoms with Crippen LogP contribution in [0.25, 0.3) is 0 Å². The third-order valence-electron chi connectivity index (χ3n) is 0.423. The average molecular weight is 199 g/mol. The van der Waals surface area contributed by atoms with Crippen molar-refractivity contribution in [2.75, 3.05) is 0 Å². The average Bonchev–Trinajstić information content (AvgIpc) is 1.59. The van der Waals surface area contributed by atoms with Crippen molar-refractivity contribution in [1.82, 2.24) is 0 Å². The van der Waals surface area contributed by atoms with E-state index in [1.165, 1.54) is 12.8 Å². The summed E-state index contributed by atoms with van der Waals surface area (Å²) >= 11 is 1.99. The predicted octanol–water partition coefficient (Wildman–Crippen LogP) is 1.36. The lowest BCUT2D eigenvalue weighted by Crippen LogP contribution is -2.02. The van der Waals surface area contributed by atoms with Gasteiger partial charge in [0, 0.05) is 15.9 Å². The maximum absolute atomic E-state index is 11.7. The van der Waals surface area contributed by atoms with Gasteiger partial charge in [0.15, 0.2) is 0 Å².